The lowest BCUT2D eigenvalue weighted by molar-refractivity contribution is -0.125. The number of Topliss-reactive ketones (excluding diaryl/α,β-unsaturated/α-hetero) is 1. The first-order valence-corrected chi connectivity index (χ1v) is 5.15. The molecule has 13 heavy (non-hydrogen) atoms. The van der Waals surface area contributed by atoms with Gasteiger partial charge in [-0.2, -0.15) is 0 Å². The Kier molecular flexibility index (Phi) is 2.65. The van der Waals surface area contributed by atoms with Crippen LogP contribution in [0.3, 0.4) is 0 Å². The molecular formula is C10H17NO2. The second kappa shape index (κ2) is 3.76. The fourth-order valence-corrected chi connectivity index (χ4v) is 2.35. The summed E-state index contributed by atoms with van der Waals surface area (Å²) in [5.41, 5.74) is 0. The zero-order chi connectivity index (χ0) is 9.26. The highest BCUT2D eigenvalue weighted by Crippen LogP contribution is 2.23. The van der Waals surface area contributed by atoms with Crippen molar-refractivity contribution in [3.05, 3.63) is 0 Å². The minimum absolute atomic E-state index is 0.207. The van der Waals surface area contributed by atoms with E-state index in [0.717, 1.165) is 39.0 Å². The Bertz CT molecular complexity index is 205. The normalized spacial score (nSPS) is 36.8. The van der Waals surface area contributed by atoms with Crippen molar-refractivity contribution in [3.63, 3.8) is 0 Å². The molecule has 1 saturated carbocycles. The van der Waals surface area contributed by atoms with E-state index in [1.165, 1.54) is 0 Å². The highest BCUT2D eigenvalue weighted by molar-refractivity contribution is 5.85. The number of hydrogen-bond acceptors (Lipinski definition) is 3. The van der Waals surface area contributed by atoms with E-state index < -0.39 is 0 Å². The van der Waals surface area contributed by atoms with E-state index in [-0.39, 0.29) is 6.04 Å². The number of carbonyl (C=O) groups is 1. The van der Waals surface area contributed by atoms with Crippen molar-refractivity contribution in [2.24, 2.45) is 0 Å². The molecule has 0 spiro atoms. The number of carbonyl (C=O) groups excluding carboxylic acids is 1. The molecule has 0 aromatic heterocycles. The maximum absolute atomic E-state index is 11.5. The summed E-state index contributed by atoms with van der Waals surface area (Å²) in [6.45, 7) is 4.64. The molecule has 1 heterocycles. The van der Waals surface area contributed by atoms with Gasteiger partial charge in [-0.1, -0.05) is 0 Å². The van der Waals surface area contributed by atoms with Gasteiger partial charge in [0.15, 0.2) is 0 Å². The van der Waals surface area contributed by atoms with Gasteiger partial charge < -0.3 is 4.74 Å². The Morgan fingerprint density at radius 3 is 3.00 bits per heavy atom. The molecule has 2 aliphatic rings. The van der Waals surface area contributed by atoms with Crippen molar-refractivity contribution in [2.75, 3.05) is 19.8 Å². The molecule has 0 radical (unpaired) electrons. The average Bonchev–Trinajstić information content (AvgIpc) is 2.52. The second-order valence-electron chi connectivity index (χ2n) is 4.04. The largest absolute Gasteiger partial charge is 0.379 e. The number of morpholine rings is 1. The number of hydrogen-bond donors (Lipinski definition) is 0. The Labute approximate surface area is 79.0 Å². The van der Waals surface area contributed by atoms with Gasteiger partial charge in [0.1, 0.15) is 5.78 Å². The minimum Gasteiger partial charge on any atom is -0.379 e. The van der Waals surface area contributed by atoms with Gasteiger partial charge in [-0.3, -0.25) is 9.69 Å². The summed E-state index contributed by atoms with van der Waals surface area (Å²) in [4.78, 5) is 13.9. The summed E-state index contributed by atoms with van der Waals surface area (Å²) < 4.78 is 5.35. The van der Waals surface area contributed by atoms with Gasteiger partial charge in [-0.25, -0.2) is 0 Å². The average molecular weight is 183 g/mol. The summed E-state index contributed by atoms with van der Waals surface area (Å²) in [5, 5.41) is 0. The summed E-state index contributed by atoms with van der Waals surface area (Å²) >= 11 is 0. The lowest BCUT2D eigenvalue weighted by atomic mass is 10.1. The van der Waals surface area contributed by atoms with E-state index in [9.17, 15) is 4.79 Å². The van der Waals surface area contributed by atoms with Gasteiger partial charge in [0.2, 0.25) is 0 Å². The monoisotopic (exact) mass is 183 g/mol. The maximum atomic E-state index is 11.5. The lowest BCUT2D eigenvalue weighted by Gasteiger charge is -2.36. The van der Waals surface area contributed by atoms with Crippen LogP contribution in [0.25, 0.3) is 0 Å². The standard InChI is InChI=1S/C10H17NO2/c1-8-7-13-6-5-11(8)9-3-2-4-10(9)12/h8-9H,2-7H2,1H3. The molecule has 2 unspecified atom stereocenters. The first-order valence-electron chi connectivity index (χ1n) is 5.15. The van der Waals surface area contributed by atoms with Crippen molar-refractivity contribution >= 4 is 5.78 Å². The molecule has 2 atom stereocenters. The minimum atomic E-state index is 0.207. The number of rotatable bonds is 1. The predicted molar refractivity (Wildman–Crippen MR) is 49.6 cm³/mol. The van der Waals surface area contributed by atoms with Crippen molar-refractivity contribution in [1.82, 2.24) is 4.90 Å². The molecule has 0 aromatic rings. The first-order chi connectivity index (χ1) is 6.29. The quantitative estimate of drug-likeness (QED) is 0.603. The summed E-state index contributed by atoms with van der Waals surface area (Å²) in [5.74, 6) is 0.439. The Balaban J connectivity index is 2.01. The van der Waals surface area contributed by atoms with Gasteiger partial charge >= 0.3 is 0 Å². The van der Waals surface area contributed by atoms with E-state index in [1.807, 2.05) is 0 Å². The van der Waals surface area contributed by atoms with E-state index in [2.05, 4.69) is 11.8 Å². The zero-order valence-electron chi connectivity index (χ0n) is 8.16. The Hall–Kier alpha value is -0.410. The number of ether oxygens (including phenoxy) is 1. The molecular weight excluding hydrogens is 166 g/mol. The third-order valence-corrected chi connectivity index (χ3v) is 3.09. The van der Waals surface area contributed by atoms with Crippen LogP contribution in [0.5, 0.6) is 0 Å². The summed E-state index contributed by atoms with van der Waals surface area (Å²) in [6, 6.07) is 0.625. The molecule has 3 heteroatoms. The topological polar surface area (TPSA) is 29.5 Å². The molecule has 2 fully saturated rings. The van der Waals surface area contributed by atoms with E-state index in [1.54, 1.807) is 0 Å². The molecule has 1 aliphatic heterocycles. The highest BCUT2D eigenvalue weighted by atomic mass is 16.5. The van der Waals surface area contributed by atoms with Gasteiger partial charge in [0.25, 0.3) is 0 Å². The van der Waals surface area contributed by atoms with Crippen molar-refractivity contribution in [3.8, 4) is 0 Å². The number of ketones is 1. The molecule has 0 bridgehead atoms. The number of nitrogens with zero attached hydrogens (tertiary/aromatic N) is 1. The van der Waals surface area contributed by atoms with Crippen LogP contribution in [0.1, 0.15) is 26.2 Å². The fourth-order valence-electron chi connectivity index (χ4n) is 2.35. The highest BCUT2D eigenvalue weighted by Gasteiger charge is 2.33. The van der Waals surface area contributed by atoms with Gasteiger partial charge in [0, 0.05) is 19.0 Å². The van der Waals surface area contributed by atoms with E-state index >= 15 is 0 Å². The maximum Gasteiger partial charge on any atom is 0.149 e. The zero-order valence-corrected chi connectivity index (χ0v) is 8.16. The van der Waals surface area contributed by atoms with Crippen LogP contribution in [-0.4, -0.2) is 42.5 Å². The molecule has 1 saturated heterocycles. The van der Waals surface area contributed by atoms with Crippen molar-refractivity contribution in [2.45, 2.75) is 38.3 Å². The third kappa shape index (κ3) is 1.76. The molecule has 1 aliphatic carbocycles. The van der Waals surface area contributed by atoms with E-state index in [0.29, 0.717) is 11.8 Å². The molecule has 0 N–H and O–H groups in total. The van der Waals surface area contributed by atoms with Crippen LogP contribution >= 0.6 is 0 Å². The molecule has 0 amide bonds. The van der Waals surface area contributed by atoms with Crippen LogP contribution < -0.4 is 0 Å². The predicted octanol–water partition coefficient (Wildman–Crippen LogP) is 0.829. The Morgan fingerprint density at radius 2 is 2.38 bits per heavy atom. The molecule has 3 nitrogen and oxygen atoms in total. The molecule has 74 valence electrons. The van der Waals surface area contributed by atoms with Crippen LogP contribution in [0, 0.1) is 0 Å². The van der Waals surface area contributed by atoms with E-state index in [4.69, 9.17) is 4.74 Å². The summed E-state index contributed by atoms with van der Waals surface area (Å²) in [6.07, 6.45) is 2.92. The van der Waals surface area contributed by atoms with Gasteiger partial charge in [-0.05, 0) is 19.8 Å². The van der Waals surface area contributed by atoms with Crippen molar-refractivity contribution in [1.29, 1.82) is 0 Å². The van der Waals surface area contributed by atoms with Gasteiger partial charge in [0.05, 0.1) is 19.3 Å². The Morgan fingerprint density at radius 1 is 1.54 bits per heavy atom. The second-order valence-corrected chi connectivity index (χ2v) is 4.04. The molecule has 2 rings (SSSR count). The lowest BCUT2D eigenvalue weighted by Crippen LogP contribution is -2.50. The van der Waals surface area contributed by atoms with Crippen molar-refractivity contribution < 1.29 is 9.53 Å². The SMILES string of the molecule is CC1COCCN1C1CCCC1=O. The van der Waals surface area contributed by atoms with Crippen LogP contribution in [-0.2, 0) is 9.53 Å². The van der Waals surface area contributed by atoms with Gasteiger partial charge in [-0.15, -0.1) is 0 Å². The van der Waals surface area contributed by atoms with Crippen LogP contribution in [0.4, 0.5) is 0 Å². The first kappa shape index (κ1) is 9.16. The summed E-state index contributed by atoms with van der Waals surface area (Å²) in [7, 11) is 0. The third-order valence-electron chi connectivity index (χ3n) is 3.09. The van der Waals surface area contributed by atoms with Crippen LogP contribution in [0.2, 0.25) is 0 Å². The van der Waals surface area contributed by atoms with Crippen LogP contribution in [0.15, 0.2) is 0 Å². The smallest absolute Gasteiger partial charge is 0.149 e. The fraction of sp³-hybridized carbons (Fsp3) is 0.900. The molecule has 0 aromatic carbocycles.